The molecule has 0 aromatic heterocycles. The molecule has 5 nitrogen and oxygen atoms in total. The largest absolute Gasteiger partial charge is 0.481 e. The number of carbonyl (C=O) groups is 2. The summed E-state index contributed by atoms with van der Waals surface area (Å²) in [6.07, 6.45) is -0.0802. The van der Waals surface area contributed by atoms with E-state index in [1.54, 1.807) is 26.0 Å². The van der Waals surface area contributed by atoms with Gasteiger partial charge in [-0.15, -0.1) is 0 Å². The summed E-state index contributed by atoms with van der Waals surface area (Å²) in [5, 5.41) is 11.7. The van der Waals surface area contributed by atoms with Crippen molar-refractivity contribution in [2.45, 2.75) is 46.3 Å². The van der Waals surface area contributed by atoms with E-state index in [-0.39, 0.29) is 5.92 Å². The number of aryl methyl sites for hydroxylation is 1. The Morgan fingerprint density at radius 1 is 1.24 bits per heavy atom. The third kappa shape index (κ3) is 5.10. The fraction of sp³-hybridized carbons (Fsp3) is 0.500. The Morgan fingerprint density at radius 2 is 1.81 bits per heavy atom. The topological polar surface area (TPSA) is 75.6 Å². The van der Waals surface area contributed by atoms with Gasteiger partial charge in [-0.3, -0.25) is 4.79 Å². The molecule has 1 aromatic carbocycles. The zero-order valence-electron chi connectivity index (χ0n) is 12.9. The Kier molecular flexibility index (Phi) is 6.21. The minimum absolute atomic E-state index is 0.141. The number of hydrogen-bond acceptors (Lipinski definition) is 3. The monoisotopic (exact) mass is 293 g/mol. The average molecular weight is 293 g/mol. The van der Waals surface area contributed by atoms with E-state index >= 15 is 0 Å². The fourth-order valence-electron chi connectivity index (χ4n) is 1.83. The second-order valence-corrected chi connectivity index (χ2v) is 5.28. The Balaban J connectivity index is 2.64. The summed E-state index contributed by atoms with van der Waals surface area (Å²) in [7, 11) is 0. The third-order valence-electron chi connectivity index (χ3n) is 3.48. The summed E-state index contributed by atoms with van der Waals surface area (Å²) in [6.45, 7) is 7.25. The molecule has 0 aliphatic carbocycles. The van der Waals surface area contributed by atoms with E-state index in [4.69, 9.17) is 4.74 Å². The van der Waals surface area contributed by atoms with Crippen molar-refractivity contribution in [2.75, 3.05) is 0 Å². The van der Waals surface area contributed by atoms with Crippen LogP contribution in [0.25, 0.3) is 0 Å². The molecule has 2 N–H and O–H groups in total. The van der Waals surface area contributed by atoms with E-state index in [9.17, 15) is 14.7 Å². The molecule has 3 atom stereocenters. The van der Waals surface area contributed by atoms with Crippen LogP contribution in [-0.2, 0) is 9.59 Å². The number of rotatable bonds is 7. The molecular formula is C16H23NO4. The quantitative estimate of drug-likeness (QED) is 0.809. The van der Waals surface area contributed by atoms with Crippen molar-refractivity contribution in [3.63, 3.8) is 0 Å². The number of hydrogen-bond donors (Lipinski definition) is 2. The molecule has 0 saturated carbocycles. The molecule has 1 aromatic rings. The van der Waals surface area contributed by atoms with Gasteiger partial charge in [0.05, 0.1) is 0 Å². The lowest BCUT2D eigenvalue weighted by atomic mass is 9.99. The van der Waals surface area contributed by atoms with Gasteiger partial charge in [0.1, 0.15) is 11.8 Å². The number of carbonyl (C=O) groups excluding carboxylic acids is 1. The summed E-state index contributed by atoms with van der Waals surface area (Å²) in [5.41, 5.74) is 1.10. The first-order valence-corrected chi connectivity index (χ1v) is 7.11. The first-order valence-electron chi connectivity index (χ1n) is 7.11. The molecule has 1 unspecified atom stereocenters. The third-order valence-corrected chi connectivity index (χ3v) is 3.48. The number of aliphatic carboxylic acids is 1. The molecule has 0 bridgehead atoms. The smallest absolute Gasteiger partial charge is 0.326 e. The van der Waals surface area contributed by atoms with Crippen molar-refractivity contribution in [1.82, 2.24) is 5.32 Å². The van der Waals surface area contributed by atoms with Crippen LogP contribution in [0.1, 0.15) is 32.8 Å². The number of nitrogens with one attached hydrogen (secondary N) is 1. The van der Waals surface area contributed by atoms with E-state index in [2.05, 4.69) is 5.32 Å². The SMILES string of the molecule is CC[C@H](C)[C@H](NC(=O)C(C)Oc1ccc(C)cc1)C(=O)O. The van der Waals surface area contributed by atoms with Crippen molar-refractivity contribution in [3.8, 4) is 5.75 Å². The van der Waals surface area contributed by atoms with Crippen molar-refractivity contribution in [3.05, 3.63) is 29.8 Å². The second-order valence-electron chi connectivity index (χ2n) is 5.28. The minimum atomic E-state index is -1.03. The lowest BCUT2D eigenvalue weighted by Gasteiger charge is -2.22. The van der Waals surface area contributed by atoms with Crippen LogP contribution >= 0.6 is 0 Å². The Labute approximate surface area is 125 Å². The first kappa shape index (κ1) is 17.0. The van der Waals surface area contributed by atoms with Crippen molar-refractivity contribution >= 4 is 11.9 Å². The van der Waals surface area contributed by atoms with Gasteiger partial charge in [-0.25, -0.2) is 4.79 Å². The van der Waals surface area contributed by atoms with Crippen LogP contribution in [0.4, 0.5) is 0 Å². The van der Waals surface area contributed by atoms with E-state index in [0.29, 0.717) is 12.2 Å². The summed E-state index contributed by atoms with van der Waals surface area (Å²) in [4.78, 5) is 23.2. The van der Waals surface area contributed by atoms with Gasteiger partial charge >= 0.3 is 5.97 Å². The Morgan fingerprint density at radius 3 is 2.29 bits per heavy atom. The van der Waals surface area contributed by atoms with Gasteiger partial charge in [-0.1, -0.05) is 38.0 Å². The molecule has 0 aliphatic rings. The highest BCUT2D eigenvalue weighted by atomic mass is 16.5. The van der Waals surface area contributed by atoms with Gasteiger partial charge in [0.25, 0.3) is 5.91 Å². The molecule has 0 spiro atoms. The average Bonchev–Trinajstić information content (AvgIpc) is 2.45. The molecule has 0 aliphatic heterocycles. The highest BCUT2D eigenvalue weighted by Crippen LogP contribution is 2.14. The molecule has 116 valence electrons. The molecule has 0 heterocycles. The number of carboxylic acids is 1. The van der Waals surface area contributed by atoms with Crippen LogP contribution in [-0.4, -0.2) is 29.1 Å². The summed E-state index contributed by atoms with van der Waals surface area (Å²) < 4.78 is 5.52. The summed E-state index contributed by atoms with van der Waals surface area (Å²) >= 11 is 0. The van der Waals surface area contributed by atoms with Gasteiger partial charge in [0.2, 0.25) is 0 Å². The summed E-state index contributed by atoms with van der Waals surface area (Å²) in [6, 6.07) is 6.44. The van der Waals surface area contributed by atoms with Gasteiger partial charge in [-0.2, -0.15) is 0 Å². The lowest BCUT2D eigenvalue weighted by molar-refractivity contribution is -0.144. The lowest BCUT2D eigenvalue weighted by Crippen LogP contribution is -2.49. The number of ether oxygens (including phenoxy) is 1. The second kappa shape index (κ2) is 7.67. The maximum Gasteiger partial charge on any atom is 0.326 e. The van der Waals surface area contributed by atoms with Crippen molar-refractivity contribution < 1.29 is 19.4 Å². The zero-order valence-corrected chi connectivity index (χ0v) is 12.9. The summed E-state index contributed by atoms with van der Waals surface area (Å²) in [5.74, 6) is -1.01. The van der Waals surface area contributed by atoms with Crippen LogP contribution < -0.4 is 10.1 Å². The standard InChI is InChI=1S/C16H23NO4/c1-5-11(3)14(16(19)20)17-15(18)12(4)21-13-8-6-10(2)7-9-13/h6-9,11-12,14H,5H2,1-4H3,(H,17,18)(H,19,20)/t11-,12?,14-/m0/s1. The van der Waals surface area contributed by atoms with Crippen LogP contribution in [0.5, 0.6) is 5.75 Å². The molecule has 5 heteroatoms. The maximum absolute atomic E-state index is 12.1. The highest BCUT2D eigenvalue weighted by Gasteiger charge is 2.27. The van der Waals surface area contributed by atoms with Gasteiger partial charge < -0.3 is 15.2 Å². The molecule has 0 fully saturated rings. The van der Waals surface area contributed by atoms with Crippen molar-refractivity contribution in [1.29, 1.82) is 0 Å². The van der Waals surface area contributed by atoms with E-state index < -0.39 is 24.0 Å². The van der Waals surface area contributed by atoms with Crippen LogP contribution in [0.15, 0.2) is 24.3 Å². The van der Waals surface area contributed by atoms with Crippen LogP contribution in [0, 0.1) is 12.8 Å². The van der Waals surface area contributed by atoms with Crippen LogP contribution in [0.3, 0.4) is 0 Å². The molecule has 0 saturated heterocycles. The first-order chi connectivity index (χ1) is 9.85. The predicted octanol–water partition coefficient (Wildman–Crippen LogP) is 2.38. The van der Waals surface area contributed by atoms with E-state index in [1.165, 1.54) is 0 Å². The van der Waals surface area contributed by atoms with Crippen LogP contribution in [0.2, 0.25) is 0 Å². The number of benzene rings is 1. The van der Waals surface area contributed by atoms with Crippen molar-refractivity contribution in [2.24, 2.45) is 5.92 Å². The minimum Gasteiger partial charge on any atom is -0.481 e. The molecule has 1 amide bonds. The van der Waals surface area contributed by atoms with Gasteiger partial charge in [0.15, 0.2) is 6.10 Å². The highest BCUT2D eigenvalue weighted by molar-refractivity contribution is 5.86. The predicted molar refractivity (Wildman–Crippen MR) is 80.3 cm³/mol. The zero-order chi connectivity index (χ0) is 16.0. The maximum atomic E-state index is 12.1. The normalized spacial score (nSPS) is 14.9. The van der Waals surface area contributed by atoms with Gasteiger partial charge in [-0.05, 0) is 31.9 Å². The molecule has 21 heavy (non-hydrogen) atoms. The number of carboxylic acid groups (broad SMARTS) is 1. The fourth-order valence-corrected chi connectivity index (χ4v) is 1.83. The Hall–Kier alpha value is -2.04. The van der Waals surface area contributed by atoms with Gasteiger partial charge in [0, 0.05) is 0 Å². The molecule has 1 rings (SSSR count). The number of amides is 1. The Bertz CT molecular complexity index is 484. The van der Waals surface area contributed by atoms with E-state index in [1.807, 2.05) is 26.0 Å². The molecule has 0 radical (unpaired) electrons. The molecular weight excluding hydrogens is 270 g/mol. The van der Waals surface area contributed by atoms with E-state index in [0.717, 1.165) is 5.56 Å².